The second-order valence-electron chi connectivity index (χ2n) is 7.64. The molecular weight excluding hydrogens is 432 g/mol. The van der Waals surface area contributed by atoms with Gasteiger partial charge in [-0.15, -0.1) is 0 Å². The van der Waals surface area contributed by atoms with Crippen molar-refractivity contribution in [1.82, 2.24) is 0 Å². The van der Waals surface area contributed by atoms with Crippen molar-refractivity contribution in [3.63, 3.8) is 0 Å². The lowest BCUT2D eigenvalue weighted by Crippen LogP contribution is -2.21. The lowest BCUT2D eigenvalue weighted by Gasteiger charge is -2.27. The molecule has 172 valence electrons. The monoisotopic (exact) mass is 456 g/mol. The van der Waals surface area contributed by atoms with E-state index < -0.39 is 11.9 Å². The molecule has 0 saturated carbocycles. The van der Waals surface area contributed by atoms with Crippen molar-refractivity contribution in [1.29, 1.82) is 5.26 Å². The van der Waals surface area contributed by atoms with Gasteiger partial charge in [0.05, 0.1) is 25.2 Å². The zero-order valence-corrected chi connectivity index (χ0v) is 18.9. The van der Waals surface area contributed by atoms with E-state index in [2.05, 4.69) is 6.07 Å². The quantitative estimate of drug-likeness (QED) is 0.397. The number of esters is 1. The molecule has 0 saturated heterocycles. The van der Waals surface area contributed by atoms with Gasteiger partial charge >= 0.3 is 5.97 Å². The zero-order chi connectivity index (χ0) is 24.1. The van der Waals surface area contributed by atoms with E-state index in [4.69, 9.17) is 24.7 Å². The molecule has 0 aliphatic carbocycles. The van der Waals surface area contributed by atoms with E-state index in [1.165, 1.54) is 0 Å². The average molecular weight is 456 g/mol. The molecule has 3 aromatic carbocycles. The fourth-order valence-corrected chi connectivity index (χ4v) is 3.78. The first-order valence-corrected chi connectivity index (χ1v) is 10.8. The minimum absolute atomic E-state index is 0.00295. The second kappa shape index (κ2) is 10.0. The van der Waals surface area contributed by atoms with Gasteiger partial charge in [0.1, 0.15) is 23.1 Å². The normalized spacial score (nSPS) is 14.4. The lowest BCUT2D eigenvalue weighted by molar-refractivity contribution is 0.0734. The molecule has 7 nitrogen and oxygen atoms in total. The molecule has 0 aromatic heterocycles. The van der Waals surface area contributed by atoms with Crippen LogP contribution in [0.3, 0.4) is 0 Å². The number of carbonyl (C=O) groups is 1. The molecule has 1 aliphatic rings. The van der Waals surface area contributed by atoms with E-state index in [0.29, 0.717) is 35.2 Å². The number of hydrogen-bond donors (Lipinski definition) is 1. The van der Waals surface area contributed by atoms with Gasteiger partial charge in [-0.05, 0) is 42.3 Å². The highest BCUT2D eigenvalue weighted by Crippen LogP contribution is 2.45. The summed E-state index contributed by atoms with van der Waals surface area (Å²) in [6.45, 7) is 2.59. The van der Waals surface area contributed by atoms with E-state index in [1.807, 2.05) is 31.2 Å². The summed E-state index contributed by atoms with van der Waals surface area (Å²) in [6.07, 6.45) is 0.868. The Morgan fingerprint density at radius 3 is 2.59 bits per heavy atom. The number of fused-ring (bicyclic) bond motifs is 1. The van der Waals surface area contributed by atoms with Crippen molar-refractivity contribution in [3.05, 3.63) is 94.9 Å². The first-order chi connectivity index (χ1) is 16.5. The second-order valence-corrected chi connectivity index (χ2v) is 7.64. The predicted molar refractivity (Wildman–Crippen MR) is 126 cm³/mol. The number of nitriles is 1. The van der Waals surface area contributed by atoms with Crippen molar-refractivity contribution < 1.29 is 23.7 Å². The van der Waals surface area contributed by atoms with Crippen LogP contribution in [-0.2, 0) is 0 Å². The van der Waals surface area contributed by atoms with Gasteiger partial charge in [0.2, 0.25) is 5.88 Å². The van der Waals surface area contributed by atoms with Gasteiger partial charge in [-0.3, -0.25) is 0 Å². The number of allylic oxidation sites excluding steroid dienone is 1. The molecular formula is C27H24N2O5. The maximum absolute atomic E-state index is 12.4. The molecule has 1 atom stereocenters. The largest absolute Gasteiger partial charge is 0.493 e. The fraction of sp³-hybridized carbons (Fsp3) is 0.185. The van der Waals surface area contributed by atoms with Crippen LogP contribution >= 0.6 is 0 Å². The zero-order valence-electron chi connectivity index (χ0n) is 18.9. The van der Waals surface area contributed by atoms with Crippen LogP contribution in [0.25, 0.3) is 0 Å². The van der Waals surface area contributed by atoms with Crippen LogP contribution < -0.4 is 24.7 Å². The molecule has 0 fully saturated rings. The molecule has 0 radical (unpaired) electrons. The third-order valence-electron chi connectivity index (χ3n) is 5.39. The molecule has 0 amide bonds. The highest BCUT2D eigenvalue weighted by Gasteiger charge is 2.31. The summed E-state index contributed by atoms with van der Waals surface area (Å²) in [5.41, 5.74) is 8.34. The summed E-state index contributed by atoms with van der Waals surface area (Å²) in [5, 5.41) is 9.82. The summed E-state index contributed by atoms with van der Waals surface area (Å²) < 4.78 is 22.5. The fourth-order valence-electron chi connectivity index (χ4n) is 3.78. The van der Waals surface area contributed by atoms with Gasteiger partial charge in [0.15, 0.2) is 11.5 Å². The summed E-state index contributed by atoms with van der Waals surface area (Å²) in [7, 11) is 1.57. The summed E-state index contributed by atoms with van der Waals surface area (Å²) in [6, 6.07) is 21.4. The van der Waals surface area contributed by atoms with Crippen LogP contribution in [0.2, 0.25) is 0 Å². The number of nitrogens with two attached hydrogens (primary N) is 1. The smallest absolute Gasteiger partial charge is 0.343 e. The number of ether oxygens (including phenoxy) is 4. The highest BCUT2D eigenvalue weighted by atomic mass is 16.5. The van der Waals surface area contributed by atoms with Gasteiger partial charge in [0.25, 0.3) is 0 Å². The maximum Gasteiger partial charge on any atom is 0.343 e. The van der Waals surface area contributed by atoms with E-state index in [-0.39, 0.29) is 11.5 Å². The average Bonchev–Trinajstić information content (AvgIpc) is 2.87. The molecule has 1 aliphatic heterocycles. The van der Waals surface area contributed by atoms with E-state index in [0.717, 1.165) is 17.5 Å². The van der Waals surface area contributed by atoms with Crippen molar-refractivity contribution in [2.45, 2.75) is 19.3 Å². The summed E-state index contributed by atoms with van der Waals surface area (Å²) in [4.78, 5) is 12.4. The first kappa shape index (κ1) is 22.7. The van der Waals surface area contributed by atoms with Gasteiger partial charge in [-0.2, -0.15) is 5.26 Å². The topological polar surface area (TPSA) is 104 Å². The minimum atomic E-state index is -0.485. The molecule has 0 spiro atoms. The van der Waals surface area contributed by atoms with E-state index in [9.17, 15) is 10.1 Å². The van der Waals surface area contributed by atoms with Crippen LogP contribution in [0.5, 0.6) is 23.0 Å². The van der Waals surface area contributed by atoms with Crippen molar-refractivity contribution in [2.24, 2.45) is 5.73 Å². The van der Waals surface area contributed by atoms with Gasteiger partial charge in [-0.25, -0.2) is 4.79 Å². The van der Waals surface area contributed by atoms with Crippen LogP contribution in [-0.4, -0.2) is 19.7 Å². The number of rotatable bonds is 7. The summed E-state index contributed by atoms with van der Waals surface area (Å²) >= 11 is 0. The molecule has 7 heteroatoms. The van der Waals surface area contributed by atoms with Crippen LogP contribution in [0.4, 0.5) is 0 Å². The molecule has 1 heterocycles. The Morgan fingerprint density at radius 2 is 1.88 bits per heavy atom. The Balaban J connectivity index is 1.70. The highest BCUT2D eigenvalue weighted by molar-refractivity contribution is 5.91. The van der Waals surface area contributed by atoms with Crippen LogP contribution in [0, 0.1) is 11.3 Å². The number of carbonyl (C=O) groups excluding carboxylic acids is 1. The molecule has 4 rings (SSSR count). The molecule has 1 unspecified atom stereocenters. The number of methoxy groups -OCH3 is 1. The van der Waals surface area contributed by atoms with Gasteiger partial charge in [0, 0.05) is 11.6 Å². The minimum Gasteiger partial charge on any atom is -0.493 e. The van der Waals surface area contributed by atoms with Crippen molar-refractivity contribution in [3.8, 4) is 29.1 Å². The third-order valence-corrected chi connectivity index (χ3v) is 5.39. The van der Waals surface area contributed by atoms with Crippen molar-refractivity contribution >= 4 is 5.97 Å². The first-order valence-electron chi connectivity index (χ1n) is 10.8. The third kappa shape index (κ3) is 4.52. The Labute approximate surface area is 197 Å². The Bertz CT molecular complexity index is 1280. The molecule has 2 N–H and O–H groups in total. The number of nitrogens with zero attached hydrogens (tertiary/aromatic N) is 1. The Hall–Kier alpha value is -4.44. The SMILES string of the molecule is CCCOc1ccc(C2C(C#N)=C(N)Oc3cc(OC(=O)c4ccccc4)ccc32)cc1OC. The number of benzene rings is 3. The van der Waals surface area contributed by atoms with Crippen LogP contribution in [0.1, 0.15) is 40.7 Å². The summed E-state index contributed by atoms with van der Waals surface area (Å²) in [5.74, 6) is 0.924. The molecule has 0 bridgehead atoms. The van der Waals surface area contributed by atoms with Crippen molar-refractivity contribution in [2.75, 3.05) is 13.7 Å². The standard InChI is InChI=1S/C27H24N2O5/c1-3-13-32-22-12-9-18(14-24(22)31-2)25-20-11-10-19(15-23(20)34-26(29)21(25)16-28)33-27(30)17-7-5-4-6-8-17/h4-12,14-15,25H,3,13,29H2,1-2H3. The molecule has 34 heavy (non-hydrogen) atoms. The van der Waals surface area contributed by atoms with Gasteiger partial charge in [-0.1, -0.05) is 37.3 Å². The van der Waals surface area contributed by atoms with Gasteiger partial charge < -0.3 is 24.7 Å². The predicted octanol–water partition coefficient (Wildman–Crippen LogP) is 4.92. The molecule has 3 aromatic rings. The Morgan fingerprint density at radius 1 is 1.09 bits per heavy atom. The number of hydrogen-bond acceptors (Lipinski definition) is 7. The van der Waals surface area contributed by atoms with Crippen LogP contribution in [0.15, 0.2) is 78.2 Å². The maximum atomic E-state index is 12.4. The lowest BCUT2D eigenvalue weighted by atomic mass is 9.83. The van der Waals surface area contributed by atoms with E-state index >= 15 is 0 Å². The Kier molecular flexibility index (Phi) is 6.69. The van der Waals surface area contributed by atoms with E-state index in [1.54, 1.807) is 49.6 Å².